The second-order valence-electron chi connectivity index (χ2n) is 2.89. The summed E-state index contributed by atoms with van der Waals surface area (Å²) >= 11 is 1.99. The molecule has 0 aliphatic heterocycles. The summed E-state index contributed by atoms with van der Waals surface area (Å²) in [5, 5.41) is 0. The lowest BCUT2D eigenvalue weighted by Gasteiger charge is -2.00. The van der Waals surface area contributed by atoms with Gasteiger partial charge in [-0.15, -0.1) is 0 Å². The normalized spacial score (nSPS) is 9.92. The molecule has 0 radical (unpaired) electrons. The van der Waals surface area contributed by atoms with E-state index in [0.29, 0.717) is 0 Å². The van der Waals surface area contributed by atoms with E-state index in [9.17, 15) is 0 Å². The first-order chi connectivity index (χ1) is 6.36. The minimum atomic E-state index is 1.18. The summed E-state index contributed by atoms with van der Waals surface area (Å²) in [6, 6.07) is 8.62. The minimum Gasteiger partial charge on any atom is -0.162 e. The van der Waals surface area contributed by atoms with E-state index < -0.39 is 0 Å². The van der Waals surface area contributed by atoms with Crippen molar-refractivity contribution in [2.75, 3.05) is 11.5 Å². The molecule has 1 aromatic rings. The van der Waals surface area contributed by atoms with Crippen LogP contribution in [0.4, 0.5) is 0 Å². The topological polar surface area (TPSA) is 0 Å². The van der Waals surface area contributed by atoms with Gasteiger partial charge in [0.25, 0.3) is 0 Å². The molecule has 0 aliphatic rings. The van der Waals surface area contributed by atoms with Gasteiger partial charge in [-0.25, -0.2) is 0 Å². The molecule has 1 heteroatoms. The SMILES string of the molecule is C=Cc1ccc(CCSCC)cc1. The zero-order valence-electron chi connectivity index (χ0n) is 8.12. The third-order valence-electron chi connectivity index (χ3n) is 1.95. The third kappa shape index (κ3) is 3.69. The molecule has 0 fully saturated rings. The zero-order chi connectivity index (χ0) is 9.52. The van der Waals surface area contributed by atoms with Crippen molar-refractivity contribution >= 4 is 17.8 Å². The molecule has 70 valence electrons. The molecule has 0 amide bonds. The van der Waals surface area contributed by atoms with Gasteiger partial charge in [-0.3, -0.25) is 0 Å². The Balaban J connectivity index is 2.44. The average molecular weight is 192 g/mol. The molecule has 0 N–H and O–H groups in total. The fraction of sp³-hybridized carbons (Fsp3) is 0.333. The van der Waals surface area contributed by atoms with Crippen molar-refractivity contribution in [2.45, 2.75) is 13.3 Å². The van der Waals surface area contributed by atoms with Gasteiger partial charge in [0.15, 0.2) is 0 Å². The molecule has 0 aliphatic carbocycles. The van der Waals surface area contributed by atoms with E-state index in [1.807, 2.05) is 17.8 Å². The zero-order valence-corrected chi connectivity index (χ0v) is 8.94. The molecule has 0 bridgehead atoms. The van der Waals surface area contributed by atoms with E-state index in [1.165, 1.54) is 29.1 Å². The Labute approximate surface area is 85.1 Å². The van der Waals surface area contributed by atoms with Crippen molar-refractivity contribution in [1.82, 2.24) is 0 Å². The second kappa shape index (κ2) is 5.87. The van der Waals surface area contributed by atoms with Crippen LogP contribution in [0.25, 0.3) is 6.08 Å². The molecule has 0 nitrogen and oxygen atoms in total. The maximum absolute atomic E-state index is 3.73. The molecule has 13 heavy (non-hydrogen) atoms. The summed E-state index contributed by atoms with van der Waals surface area (Å²) in [7, 11) is 0. The molecule has 1 rings (SSSR count). The minimum absolute atomic E-state index is 1.18. The van der Waals surface area contributed by atoms with Gasteiger partial charge in [0, 0.05) is 0 Å². The highest BCUT2D eigenvalue weighted by Crippen LogP contribution is 2.09. The van der Waals surface area contributed by atoms with Crippen molar-refractivity contribution < 1.29 is 0 Å². The molecule has 1 aromatic carbocycles. The van der Waals surface area contributed by atoms with Gasteiger partial charge >= 0.3 is 0 Å². The van der Waals surface area contributed by atoms with Crippen LogP contribution in [0.2, 0.25) is 0 Å². The van der Waals surface area contributed by atoms with E-state index in [-0.39, 0.29) is 0 Å². The lowest BCUT2D eigenvalue weighted by atomic mass is 10.1. The predicted molar refractivity (Wildman–Crippen MR) is 63.2 cm³/mol. The summed E-state index contributed by atoms with van der Waals surface area (Å²) in [6.07, 6.45) is 3.06. The maximum atomic E-state index is 3.73. The maximum Gasteiger partial charge on any atom is -0.00271 e. The number of thioether (sulfide) groups is 1. The first-order valence-corrected chi connectivity index (χ1v) is 5.81. The highest BCUT2D eigenvalue weighted by atomic mass is 32.2. The largest absolute Gasteiger partial charge is 0.162 e. The van der Waals surface area contributed by atoms with Crippen LogP contribution in [0, 0.1) is 0 Å². The Kier molecular flexibility index (Phi) is 4.69. The third-order valence-corrected chi connectivity index (χ3v) is 2.86. The van der Waals surface area contributed by atoms with Crippen molar-refractivity contribution in [2.24, 2.45) is 0 Å². The molecule has 0 heterocycles. The second-order valence-corrected chi connectivity index (χ2v) is 4.29. The molecule has 0 atom stereocenters. The molecular weight excluding hydrogens is 176 g/mol. The Hall–Kier alpha value is -0.690. The number of hydrogen-bond acceptors (Lipinski definition) is 1. The molecule has 0 spiro atoms. The lowest BCUT2D eigenvalue weighted by Crippen LogP contribution is -1.88. The molecule has 0 saturated heterocycles. The van der Waals surface area contributed by atoms with Crippen molar-refractivity contribution in [3.05, 3.63) is 42.0 Å². The number of aryl methyl sites for hydroxylation is 1. The van der Waals surface area contributed by atoms with E-state index >= 15 is 0 Å². The van der Waals surface area contributed by atoms with Gasteiger partial charge < -0.3 is 0 Å². The van der Waals surface area contributed by atoms with Gasteiger partial charge in [-0.1, -0.05) is 43.8 Å². The first-order valence-electron chi connectivity index (χ1n) is 4.66. The van der Waals surface area contributed by atoms with Crippen molar-refractivity contribution in [3.8, 4) is 0 Å². The number of hydrogen-bond donors (Lipinski definition) is 0. The van der Waals surface area contributed by atoms with Gasteiger partial charge in [0.2, 0.25) is 0 Å². The molecular formula is C12H16S. The van der Waals surface area contributed by atoms with Crippen LogP contribution in [0.15, 0.2) is 30.8 Å². The molecule has 0 saturated carbocycles. The Bertz CT molecular complexity index is 248. The van der Waals surface area contributed by atoms with Crippen LogP contribution in [-0.4, -0.2) is 11.5 Å². The van der Waals surface area contributed by atoms with Gasteiger partial charge in [0.1, 0.15) is 0 Å². The number of rotatable bonds is 5. The molecule has 0 unspecified atom stereocenters. The predicted octanol–water partition coefficient (Wildman–Crippen LogP) is 3.63. The monoisotopic (exact) mass is 192 g/mol. The van der Waals surface area contributed by atoms with E-state index in [2.05, 4.69) is 37.8 Å². The summed E-state index contributed by atoms with van der Waals surface area (Å²) in [5.74, 6) is 2.44. The number of benzene rings is 1. The Morgan fingerprint density at radius 1 is 1.31 bits per heavy atom. The first kappa shape index (κ1) is 10.4. The summed E-state index contributed by atoms with van der Waals surface area (Å²) < 4.78 is 0. The standard InChI is InChI=1S/C12H16S/c1-3-11-5-7-12(8-6-11)9-10-13-4-2/h3,5-8H,1,4,9-10H2,2H3. The van der Waals surface area contributed by atoms with Crippen LogP contribution in [-0.2, 0) is 6.42 Å². The Morgan fingerprint density at radius 3 is 2.54 bits per heavy atom. The van der Waals surface area contributed by atoms with Gasteiger partial charge in [-0.2, -0.15) is 11.8 Å². The van der Waals surface area contributed by atoms with E-state index in [0.717, 1.165) is 0 Å². The van der Waals surface area contributed by atoms with Crippen LogP contribution >= 0.6 is 11.8 Å². The highest BCUT2D eigenvalue weighted by molar-refractivity contribution is 7.99. The average Bonchev–Trinajstić information content (AvgIpc) is 2.19. The van der Waals surface area contributed by atoms with E-state index in [4.69, 9.17) is 0 Å². The fourth-order valence-corrected chi connectivity index (χ4v) is 1.82. The summed E-state index contributed by atoms with van der Waals surface area (Å²) in [4.78, 5) is 0. The van der Waals surface area contributed by atoms with Gasteiger partial charge in [0.05, 0.1) is 0 Å². The fourth-order valence-electron chi connectivity index (χ4n) is 1.15. The van der Waals surface area contributed by atoms with Crippen molar-refractivity contribution in [1.29, 1.82) is 0 Å². The van der Waals surface area contributed by atoms with Gasteiger partial charge in [-0.05, 0) is 29.1 Å². The van der Waals surface area contributed by atoms with Crippen molar-refractivity contribution in [3.63, 3.8) is 0 Å². The Morgan fingerprint density at radius 2 is 2.00 bits per heavy atom. The highest BCUT2D eigenvalue weighted by Gasteiger charge is 1.92. The molecule has 0 aromatic heterocycles. The lowest BCUT2D eigenvalue weighted by molar-refractivity contribution is 1.15. The quantitative estimate of drug-likeness (QED) is 0.642. The summed E-state index contributed by atoms with van der Waals surface area (Å²) in [6.45, 7) is 5.93. The smallest absolute Gasteiger partial charge is 0.00271 e. The van der Waals surface area contributed by atoms with Crippen LogP contribution in [0.5, 0.6) is 0 Å². The summed E-state index contributed by atoms with van der Waals surface area (Å²) in [5.41, 5.74) is 2.62. The van der Waals surface area contributed by atoms with Crippen LogP contribution in [0.3, 0.4) is 0 Å². The van der Waals surface area contributed by atoms with E-state index in [1.54, 1.807) is 0 Å². The van der Waals surface area contributed by atoms with Crippen LogP contribution in [0.1, 0.15) is 18.1 Å². The van der Waals surface area contributed by atoms with Crippen LogP contribution < -0.4 is 0 Å².